The maximum absolute atomic E-state index is 14.9. The Labute approximate surface area is 198 Å². The topological polar surface area (TPSA) is 41.6 Å². The number of nitrogens with zero attached hydrogens (tertiary/aromatic N) is 2. The van der Waals surface area contributed by atoms with Gasteiger partial charge in [0.05, 0.1) is 28.3 Å². The van der Waals surface area contributed by atoms with Crippen LogP contribution in [0.4, 0.5) is 22.0 Å². The van der Waals surface area contributed by atoms with Crippen LogP contribution in [0.2, 0.25) is 0 Å². The van der Waals surface area contributed by atoms with Crippen molar-refractivity contribution in [3.8, 4) is 11.1 Å². The molecule has 0 unspecified atom stereocenters. The lowest BCUT2D eigenvalue weighted by molar-refractivity contribution is 0.381. The van der Waals surface area contributed by atoms with Crippen molar-refractivity contribution in [2.24, 2.45) is 0 Å². The summed E-state index contributed by atoms with van der Waals surface area (Å²) in [6.07, 6.45) is 6.69. The molecular weight excluding hydrogens is 481 g/mol. The molecular formula is C26H12F5N3S. The second-order valence-electron chi connectivity index (χ2n) is 7.87. The van der Waals surface area contributed by atoms with Gasteiger partial charge in [-0.1, -0.05) is 0 Å². The molecule has 3 aromatic heterocycles. The molecule has 5 heterocycles. The van der Waals surface area contributed by atoms with E-state index in [1.165, 1.54) is 6.08 Å². The number of aromatic amines is 1. The minimum absolute atomic E-state index is 0.0699. The van der Waals surface area contributed by atoms with Gasteiger partial charge in [-0.15, -0.1) is 11.3 Å². The first-order chi connectivity index (χ1) is 16.9. The minimum Gasteiger partial charge on any atom is -0.355 e. The molecule has 1 N–H and O–H groups in total. The summed E-state index contributed by atoms with van der Waals surface area (Å²) >= 11 is 1.14. The lowest BCUT2D eigenvalue weighted by Gasteiger charge is -2.09. The second kappa shape index (κ2) is 7.99. The number of aromatic nitrogens is 3. The summed E-state index contributed by atoms with van der Waals surface area (Å²) in [7, 11) is 0. The van der Waals surface area contributed by atoms with E-state index in [4.69, 9.17) is 0 Å². The van der Waals surface area contributed by atoms with Gasteiger partial charge < -0.3 is 4.98 Å². The average Bonchev–Trinajstić information content (AvgIpc) is 3.64. The molecule has 2 aliphatic heterocycles. The largest absolute Gasteiger partial charge is 0.355 e. The standard InChI is InChI=1S/C26H12F5N3S/c27-22-21(23(28)25(30)26(31)24(22)29)20-18-7-5-15(34-18)10-14-2-1-12(32-14)9-13-3-4-16(33-13)11-17-6-8-19(20)35-17/h1-11,33H. The SMILES string of the molecule is Fc1c(F)c(F)c(-c2c3nc(cc4nc(cc5ccc(cc6ccc2s6)[nH]5)C=C4)C=C3)c(F)c1F. The maximum atomic E-state index is 14.9. The molecule has 0 saturated heterocycles. The van der Waals surface area contributed by atoms with Crippen molar-refractivity contribution in [3.63, 3.8) is 0 Å². The van der Waals surface area contributed by atoms with E-state index in [0.717, 1.165) is 28.1 Å². The number of H-pyrrole nitrogens is 1. The fourth-order valence-corrected chi connectivity index (χ4v) is 5.00. The lowest BCUT2D eigenvalue weighted by atomic mass is 10.0. The third-order valence-corrected chi connectivity index (χ3v) is 6.61. The Morgan fingerprint density at radius 2 is 1.17 bits per heavy atom. The minimum atomic E-state index is -2.21. The summed E-state index contributed by atoms with van der Waals surface area (Å²) < 4.78 is 72.8. The summed E-state index contributed by atoms with van der Waals surface area (Å²) in [4.78, 5) is 12.2. The predicted molar refractivity (Wildman–Crippen MR) is 128 cm³/mol. The normalized spacial score (nSPS) is 12.5. The Kier molecular flexibility index (Phi) is 4.89. The Morgan fingerprint density at radius 1 is 0.571 bits per heavy atom. The Morgan fingerprint density at radius 3 is 1.91 bits per heavy atom. The molecule has 0 atom stereocenters. The van der Waals surface area contributed by atoms with Gasteiger partial charge in [0.25, 0.3) is 0 Å². The van der Waals surface area contributed by atoms with Gasteiger partial charge in [-0.3, -0.25) is 0 Å². The first kappa shape index (κ1) is 21.4. The van der Waals surface area contributed by atoms with Crippen LogP contribution in [0.5, 0.6) is 0 Å². The molecule has 6 rings (SSSR count). The van der Waals surface area contributed by atoms with Crippen LogP contribution in [0.25, 0.3) is 55.9 Å². The predicted octanol–water partition coefficient (Wildman–Crippen LogP) is 7.75. The van der Waals surface area contributed by atoms with Crippen LogP contribution in [0.1, 0.15) is 22.8 Å². The number of thiophene rings is 1. The highest BCUT2D eigenvalue weighted by atomic mass is 32.1. The summed E-state index contributed by atoms with van der Waals surface area (Å²) in [6, 6.07) is 12.4. The third-order valence-electron chi connectivity index (χ3n) is 5.56. The van der Waals surface area contributed by atoms with Gasteiger partial charge in [0.1, 0.15) is 0 Å². The van der Waals surface area contributed by atoms with Crippen LogP contribution in [-0.2, 0) is 0 Å². The molecule has 0 amide bonds. The van der Waals surface area contributed by atoms with Gasteiger partial charge in [0.2, 0.25) is 5.82 Å². The van der Waals surface area contributed by atoms with Crippen molar-refractivity contribution in [1.82, 2.24) is 15.0 Å². The monoisotopic (exact) mass is 493 g/mol. The van der Waals surface area contributed by atoms with Crippen LogP contribution in [-0.4, -0.2) is 15.0 Å². The number of hydrogen-bond acceptors (Lipinski definition) is 3. The van der Waals surface area contributed by atoms with Crippen LogP contribution in [0.3, 0.4) is 0 Å². The number of benzene rings is 1. The molecule has 9 heteroatoms. The van der Waals surface area contributed by atoms with Crippen molar-refractivity contribution in [1.29, 1.82) is 0 Å². The quantitative estimate of drug-likeness (QED) is 0.145. The molecule has 8 bridgehead atoms. The van der Waals surface area contributed by atoms with Crippen molar-refractivity contribution in [2.45, 2.75) is 0 Å². The van der Waals surface area contributed by atoms with Gasteiger partial charge in [-0.2, -0.15) is 0 Å². The molecule has 0 fully saturated rings. The fraction of sp³-hybridized carbons (Fsp3) is 0. The van der Waals surface area contributed by atoms with Crippen molar-refractivity contribution >= 4 is 56.1 Å². The van der Waals surface area contributed by atoms with Gasteiger partial charge in [-0.05, 0) is 66.8 Å². The molecule has 35 heavy (non-hydrogen) atoms. The molecule has 1 aromatic carbocycles. The van der Waals surface area contributed by atoms with Crippen molar-refractivity contribution in [2.75, 3.05) is 0 Å². The van der Waals surface area contributed by atoms with E-state index in [1.54, 1.807) is 30.4 Å². The Hall–Kier alpha value is -4.11. The molecule has 0 spiro atoms. The van der Waals surface area contributed by atoms with Crippen LogP contribution in [0, 0.1) is 29.1 Å². The number of nitrogens with one attached hydrogen (secondary N) is 1. The zero-order valence-electron chi connectivity index (χ0n) is 17.5. The van der Waals surface area contributed by atoms with Crippen molar-refractivity contribution < 1.29 is 22.0 Å². The van der Waals surface area contributed by atoms with Crippen LogP contribution >= 0.6 is 11.3 Å². The molecule has 172 valence electrons. The summed E-state index contributed by atoms with van der Waals surface area (Å²) in [5.41, 5.74) is 2.19. The number of halogens is 5. The van der Waals surface area contributed by atoms with Gasteiger partial charge in [0.15, 0.2) is 23.3 Å². The number of rotatable bonds is 1. The molecule has 0 saturated carbocycles. The molecule has 3 nitrogen and oxygen atoms in total. The maximum Gasteiger partial charge on any atom is 0.200 e. The van der Waals surface area contributed by atoms with E-state index in [9.17, 15) is 22.0 Å². The smallest absolute Gasteiger partial charge is 0.200 e. The fourth-order valence-electron chi connectivity index (χ4n) is 3.98. The summed E-state index contributed by atoms with van der Waals surface area (Å²) in [5, 5.41) is 0. The second-order valence-corrected chi connectivity index (χ2v) is 8.99. The van der Waals surface area contributed by atoms with Crippen LogP contribution in [0.15, 0.2) is 42.5 Å². The zero-order valence-corrected chi connectivity index (χ0v) is 18.4. The lowest BCUT2D eigenvalue weighted by Crippen LogP contribution is -2.04. The number of fused-ring (bicyclic) bond motifs is 8. The summed E-state index contributed by atoms with van der Waals surface area (Å²) in [6.45, 7) is 0. The third kappa shape index (κ3) is 3.64. The molecule has 0 aliphatic carbocycles. The Balaban J connectivity index is 1.77. The highest BCUT2D eigenvalue weighted by Gasteiger charge is 2.29. The van der Waals surface area contributed by atoms with E-state index in [0.29, 0.717) is 20.8 Å². The van der Waals surface area contributed by atoms with E-state index in [-0.39, 0.29) is 11.3 Å². The van der Waals surface area contributed by atoms with Crippen molar-refractivity contribution in [3.05, 3.63) is 94.3 Å². The van der Waals surface area contributed by atoms with E-state index < -0.39 is 34.6 Å². The van der Waals surface area contributed by atoms with Gasteiger partial charge in [-0.25, -0.2) is 31.9 Å². The first-order valence-corrected chi connectivity index (χ1v) is 11.2. The van der Waals surface area contributed by atoms with E-state index in [1.807, 2.05) is 30.3 Å². The first-order valence-electron chi connectivity index (χ1n) is 10.4. The highest BCUT2D eigenvalue weighted by molar-refractivity contribution is 7.23. The van der Waals surface area contributed by atoms with E-state index >= 15 is 0 Å². The van der Waals surface area contributed by atoms with Crippen LogP contribution < -0.4 is 0 Å². The summed E-state index contributed by atoms with van der Waals surface area (Å²) in [5.74, 6) is -10.1. The van der Waals surface area contributed by atoms with E-state index in [2.05, 4.69) is 15.0 Å². The molecule has 4 aromatic rings. The zero-order chi connectivity index (χ0) is 24.3. The van der Waals surface area contributed by atoms with Gasteiger partial charge >= 0.3 is 0 Å². The highest BCUT2D eigenvalue weighted by Crippen LogP contribution is 2.39. The van der Waals surface area contributed by atoms with Gasteiger partial charge in [0, 0.05) is 26.0 Å². The number of hydrogen-bond donors (Lipinski definition) is 1. The average molecular weight is 493 g/mol. The molecule has 2 aliphatic rings. The Bertz CT molecular complexity index is 1740. The molecule has 0 radical (unpaired) electrons.